The molecule has 20 heavy (non-hydrogen) atoms. The number of hydrogen-bond donors (Lipinski definition) is 1. The molecule has 1 rings (SSSR count). The second-order valence-corrected chi connectivity index (χ2v) is 6.52. The highest BCUT2D eigenvalue weighted by molar-refractivity contribution is 8.00. The number of thioether (sulfide) groups is 1. The lowest BCUT2D eigenvalue weighted by Crippen LogP contribution is -2.17. The minimum atomic E-state index is 0.0754. The van der Waals surface area contributed by atoms with Gasteiger partial charge in [0.25, 0.3) is 0 Å². The van der Waals surface area contributed by atoms with E-state index in [0.717, 1.165) is 17.1 Å². The molecule has 1 N–H and O–H groups in total. The van der Waals surface area contributed by atoms with Gasteiger partial charge in [-0.25, -0.2) is 0 Å². The molecule has 114 valence electrons. The van der Waals surface area contributed by atoms with Crippen molar-refractivity contribution in [3.8, 4) is 0 Å². The van der Waals surface area contributed by atoms with E-state index in [9.17, 15) is 4.79 Å². The van der Waals surface area contributed by atoms with Crippen LogP contribution >= 0.6 is 11.8 Å². The van der Waals surface area contributed by atoms with Crippen molar-refractivity contribution in [2.24, 2.45) is 7.05 Å². The van der Waals surface area contributed by atoms with Crippen LogP contribution in [0.3, 0.4) is 0 Å². The zero-order valence-electron chi connectivity index (χ0n) is 13.3. The van der Waals surface area contributed by atoms with Gasteiger partial charge >= 0.3 is 0 Å². The van der Waals surface area contributed by atoms with Gasteiger partial charge in [0, 0.05) is 12.3 Å². The number of carbonyl (C=O) groups is 1. The number of aromatic nitrogens is 2. The van der Waals surface area contributed by atoms with E-state index in [4.69, 9.17) is 0 Å². The van der Waals surface area contributed by atoms with Crippen LogP contribution in [0.15, 0.2) is 0 Å². The minimum Gasteiger partial charge on any atom is -0.322 e. The molecule has 0 aliphatic rings. The predicted octanol–water partition coefficient (Wildman–Crippen LogP) is 3.68. The highest BCUT2D eigenvalue weighted by Gasteiger charge is 2.14. The second kappa shape index (κ2) is 8.35. The fourth-order valence-corrected chi connectivity index (χ4v) is 3.54. The summed E-state index contributed by atoms with van der Waals surface area (Å²) in [6, 6.07) is 0. The second-order valence-electron chi connectivity index (χ2n) is 5.23. The van der Waals surface area contributed by atoms with Crippen molar-refractivity contribution in [1.29, 1.82) is 0 Å². The molecule has 0 fully saturated rings. The molecule has 1 aromatic heterocycles. The van der Waals surface area contributed by atoms with Crippen LogP contribution in [0.2, 0.25) is 0 Å². The average molecular weight is 297 g/mol. The maximum atomic E-state index is 12.1. The van der Waals surface area contributed by atoms with Crippen LogP contribution in [0.25, 0.3) is 0 Å². The third-order valence-electron chi connectivity index (χ3n) is 3.44. The van der Waals surface area contributed by atoms with E-state index < -0.39 is 0 Å². The summed E-state index contributed by atoms with van der Waals surface area (Å²) < 4.78 is 1.80. The Bertz CT molecular complexity index is 437. The third-order valence-corrected chi connectivity index (χ3v) is 4.82. The van der Waals surface area contributed by atoms with Gasteiger partial charge in [-0.1, -0.05) is 26.7 Å². The molecule has 4 nitrogen and oxygen atoms in total. The van der Waals surface area contributed by atoms with Crippen LogP contribution in [0.4, 0.5) is 5.69 Å². The van der Waals surface area contributed by atoms with Crippen LogP contribution in [0.5, 0.6) is 0 Å². The Morgan fingerprint density at radius 3 is 2.35 bits per heavy atom. The molecular weight excluding hydrogens is 270 g/mol. The first kappa shape index (κ1) is 17.1. The monoisotopic (exact) mass is 297 g/mol. The van der Waals surface area contributed by atoms with Crippen LogP contribution in [-0.4, -0.2) is 26.7 Å². The summed E-state index contributed by atoms with van der Waals surface area (Å²) in [5, 5.41) is 7.91. The first-order chi connectivity index (χ1) is 9.49. The number of amides is 1. The highest BCUT2D eigenvalue weighted by Crippen LogP contribution is 2.23. The Morgan fingerprint density at radius 2 is 1.90 bits per heavy atom. The SMILES string of the molecule is CCCC(CCC)SCC(=O)Nc1c(C)nn(C)c1C. The predicted molar refractivity (Wildman–Crippen MR) is 87.4 cm³/mol. The molecule has 1 heterocycles. The molecule has 1 amide bonds. The number of aryl methyl sites for hydroxylation is 2. The number of anilines is 1. The van der Waals surface area contributed by atoms with Crippen molar-refractivity contribution in [1.82, 2.24) is 9.78 Å². The van der Waals surface area contributed by atoms with Gasteiger partial charge in [-0.3, -0.25) is 9.48 Å². The summed E-state index contributed by atoms with van der Waals surface area (Å²) in [6.45, 7) is 8.30. The van der Waals surface area contributed by atoms with Crippen molar-refractivity contribution < 1.29 is 4.79 Å². The highest BCUT2D eigenvalue weighted by atomic mass is 32.2. The molecule has 0 saturated carbocycles. The van der Waals surface area contributed by atoms with Crippen molar-refractivity contribution in [3.05, 3.63) is 11.4 Å². The van der Waals surface area contributed by atoms with E-state index in [2.05, 4.69) is 24.3 Å². The molecule has 0 atom stereocenters. The molecule has 0 unspecified atom stereocenters. The first-order valence-electron chi connectivity index (χ1n) is 7.41. The Morgan fingerprint density at radius 1 is 1.30 bits per heavy atom. The molecule has 5 heteroatoms. The number of hydrogen-bond acceptors (Lipinski definition) is 3. The van der Waals surface area contributed by atoms with Crippen LogP contribution < -0.4 is 5.32 Å². The maximum absolute atomic E-state index is 12.1. The Labute approximate surface area is 126 Å². The zero-order chi connectivity index (χ0) is 15.1. The average Bonchev–Trinajstić information content (AvgIpc) is 2.63. The van der Waals surface area contributed by atoms with Gasteiger partial charge in [-0.15, -0.1) is 11.8 Å². The number of carbonyl (C=O) groups excluding carboxylic acids is 1. The summed E-state index contributed by atoms with van der Waals surface area (Å²) in [4.78, 5) is 12.1. The van der Waals surface area contributed by atoms with E-state index in [1.54, 1.807) is 16.4 Å². The molecule has 0 spiro atoms. The van der Waals surface area contributed by atoms with E-state index in [1.807, 2.05) is 20.9 Å². The normalized spacial score (nSPS) is 11.1. The Balaban J connectivity index is 2.50. The van der Waals surface area contributed by atoms with Gasteiger partial charge in [-0.05, 0) is 26.7 Å². The summed E-state index contributed by atoms with van der Waals surface area (Å²) in [6.07, 6.45) is 4.74. The summed E-state index contributed by atoms with van der Waals surface area (Å²) in [5.41, 5.74) is 2.74. The lowest BCUT2D eigenvalue weighted by atomic mass is 10.2. The standard InChI is InChI=1S/C15H27N3OS/c1-6-8-13(9-7-2)20-10-14(19)16-15-11(3)17-18(5)12(15)4/h13H,6-10H2,1-5H3,(H,16,19). The van der Waals surface area contributed by atoms with E-state index in [0.29, 0.717) is 11.0 Å². The molecular formula is C15H27N3OS. The number of nitrogens with zero attached hydrogens (tertiary/aromatic N) is 2. The van der Waals surface area contributed by atoms with E-state index in [1.165, 1.54) is 25.7 Å². The van der Waals surface area contributed by atoms with Crippen LogP contribution in [0, 0.1) is 13.8 Å². The Kier molecular flexibility index (Phi) is 7.13. The number of nitrogens with one attached hydrogen (secondary N) is 1. The van der Waals surface area contributed by atoms with Crippen LogP contribution in [-0.2, 0) is 11.8 Å². The van der Waals surface area contributed by atoms with E-state index >= 15 is 0 Å². The zero-order valence-corrected chi connectivity index (χ0v) is 14.1. The lowest BCUT2D eigenvalue weighted by Gasteiger charge is -2.14. The summed E-state index contributed by atoms with van der Waals surface area (Å²) in [7, 11) is 1.89. The first-order valence-corrected chi connectivity index (χ1v) is 8.46. The quantitative estimate of drug-likeness (QED) is 0.796. The van der Waals surface area contributed by atoms with Gasteiger partial charge in [0.15, 0.2) is 0 Å². The molecule has 0 saturated heterocycles. The van der Waals surface area contributed by atoms with Gasteiger partial charge in [0.1, 0.15) is 0 Å². The fraction of sp³-hybridized carbons (Fsp3) is 0.733. The molecule has 0 aliphatic carbocycles. The Hall–Kier alpha value is -0.970. The molecule has 0 aromatic carbocycles. The largest absolute Gasteiger partial charge is 0.322 e. The van der Waals surface area contributed by atoms with E-state index in [-0.39, 0.29) is 5.91 Å². The third kappa shape index (κ3) is 4.85. The minimum absolute atomic E-state index is 0.0754. The molecule has 0 aliphatic heterocycles. The lowest BCUT2D eigenvalue weighted by molar-refractivity contribution is -0.113. The molecule has 0 radical (unpaired) electrons. The smallest absolute Gasteiger partial charge is 0.234 e. The molecule has 0 bridgehead atoms. The topological polar surface area (TPSA) is 46.9 Å². The molecule has 1 aromatic rings. The maximum Gasteiger partial charge on any atom is 0.234 e. The van der Waals surface area contributed by atoms with Crippen LogP contribution in [0.1, 0.15) is 50.9 Å². The van der Waals surface area contributed by atoms with Gasteiger partial charge < -0.3 is 5.32 Å². The van der Waals surface area contributed by atoms with Crippen molar-refractivity contribution >= 4 is 23.4 Å². The van der Waals surface area contributed by atoms with Gasteiger partial charge in [0.05, 0.1) is 22.8 Å². The summed E-state index contributed by atoms with van der Waals surface area (Å²) >= 11 is 1.78. The fourth-order valence-electron chi connectivity index (χ4n) is 2.28. The van der Waals surface area contributed by atoms with Crippen molar-refractivity contribution in [3.63, 3.8) is 0 Å². The number of rotatable bonds is 8. The van der Waals surface area contributed by atoms with Gasteiger partial charge in [-0.2, -0.15) is 5.10 Å². The van der Waals surface area contributed by atoms with Crippen molar-refractivity contribution in [2.75, 3.05) is 11.1 Å². The summed E-state index contributed by atoms with van der Waals surface area (Å²) in [5.74, 6) is 0.602. The van der Waals surface area contributed by atoms with Gasteiger partial charge in [0.2, 0.25) is 5.91 Å². The van der Waals surface area contributed by atoms with Crippen molar-refractivity contribution in [2.45, 2.75) is 58.6 Å².